The minimum absolute atomic E-state index is 0.128. The summed E-state index contributed by atoms with van der Waals surface area (Å²) in [6.45, 7) is 3.15. The van der Waals surface area contributed by atoms with Crippen LogP contribution in [0.2, 0.25) is 0 Å². The predicted molar refractivity (Wildman–Crippen MR) is 106 cm³/mol. The summed E-state index contributed by atoms with van der Waals surface area (Å²) < 4.78 is 0.984. The zero-order valence-electron chi connectivity index (χ0n) is 15.1. The first kappa shape index (κ1) is 19.2. The van der Waals surface area contributed by atoms with E-state index in [0.29, 0.717) is 10.7 Å². The number of nitro benzene ring substituents is 1. The summed E-state index contributed by atoms with van der Waals surface area (Å²) in [7, 11) is 0. The second-order valence-electron chi connectivity index (χ2n) is 6.02. The number of hydrogen-bond acceptors (Lipinski definition) is 7. The van der Waals surface area contributed by atoms with Crippen molar-refractivity contribution < 1.29 is 14.5 Å². The lowest BCUT2D eigenvalue weighted by Crippen LogP contribution is -2.47. The molecule has 3 N–H and O–H groups in total. The summed E-state index contributed by atoms with van der Waals surface area (Å²) in [6, 6.07) is 11.3. The number of hydrogen-bond donors (Lipinski definition) is 3. The summed E-state index contributed by atoms with van der Waals surface area (Å²) in [5, 5.41) is 14.7. The zero-order valence-corrected chi connectivity index (χ0v) is 15.9. The van der Waals surface area contributed by atoms with E-state index in [2.05, 4.69) is 21.2 Å². The third-order valence-electron chi connectivity index (χ3n) is 3.99. The number of hydrazine groups is 1. The van der Waals surface area contributed by atoms with Gasteiger partial charge in [0.1, 0.15) is 11.6 Å². The number of para-hydroxylation sites is 2. The number of carbonyl (C=O) groups is 2. The van der Waals surface area contributed by atoms with Gasteiger partial charge in [0.2, 0.25) is 0 Å². The average Bonchev–Trinajstić information content (AvgIpc) is 3.07. The van der Waals surface area contributed by atoms with Gasteiger partial charge in [-0.15, -0.1) is 0 Å². The Morgan fingerprint density at radius 3 is 2.61 bits per heavy atom. The summed E-state index contributed by atoms with van der Waals surface area (Å²) in [5.74, 6) is -1.28. The molecule has 0 unspecified atom stereocenters. The molecule has 1 atom stereocenters. The van der Waals surface area contributed by atoms with Crippen molar-refractivity contribution in [1.29, 1.82) is 0 Å². The van der Waals surface area contributed by atoms with E-state index in [1.54, 1.807) is 6.92 Å². The Bertz CT molecular complexity index is 1030. The monoisotopic (exact) mass is 399 g/mol. The highest BCUT2D eigenvalue weighted by Gasteiger charge is 2.23. The van der Waals surface area contributed by atoms with Crippen LogP contribution in [-0.2, 0) is 4.79 Å². The Hall–Kier alpha value is -3.53. The maximum absolute atomic E-state index is 12.3. The maximum Gasteiger partial charge on any atom is 0.285 e. The van der Waals surface area contributed by atoms with Gasteiger partial charge in [-0.2, -0.15) is 0 Å². The van der Waals surface area contributed by atoms with Crippen LogP contribution < -0.4 is 16.2 Å². The number of rotatable bonds is 5. The summed E-state index contributed by atoms with van der Waals surface area (Å²) in [5.41, 5.74) is 5.24. The minimum Gasteiger partial charge on any atom is -0.350 e. The second-order valence-corrected chi connectivity index (χ2v) is 7.05. The fourth-order valence-corrected chi connectivity index (χ4v) is 3.52. The number of nitro groups is 1. The SMILES string of the molecule is Cc1cccc(C(=O)NNC(=O)[C@H](C)Nc2nc3ccccc3s2)c1[N+](=O)[O-]. The smallest absolute Gasteiger partial charge is 0.285 e. The van der Waals surface area contributed by atoms with Crippen molar-refractivity contribution >= 4 is 44.2 Å². The molecule has 0 bridgehead atoms. The van der Waals surface area contributed by atoms with E-state index < -0.39 is 22.8 Å². The Kier molecular flexibility index (Phi) is 5.50. The summed E-state index contributed by atoms with van der Waals surface area (Å²) >= 11 is 1.41. The van der Waals surface area contributed by atoms with Gasteiger partial charge in [-0.25, -0.2) is 4.98 Å². The second kappa shape index (κ2) is 8.01. The Balaban J connectivity index is 1.62. The van der Waals surface area contributed by atoms with E-state index in [9.17, 15) is 19.7 Å². The summed E-state index contributed by atoms with van der Waals surface area (Å²) in [4.78, 5) is 39.5. The number of fused-ring (bicyclic) bond motifs is 1. The van der Waals surface area contributed by atoms with Gasteiger partial charge in [0.05, 0.1) is 15.1 Å². The van der Waals surface area contributed by atoms with Gasteiger partial charge in [0, 0.05) is 5.56 Å². The normalized spacial score (nSPS) is 11.6. The fraction of sp³-hybridized carbons (Fsp3) is 0.167. The van der Waals surface area contributed by atoms with Crippen molar-refractivity contribution in [2.75, 3.05) is 5.32 Å². The van der Waals surface area contributed by atoms with E-state index in [0.717, 1.165) is 10.2 Å². The molecule has 144 valence electrons. The van der Waals surface area contributed by atoms with Crippen LogP contribution >= 0.6 is 11.3 Å². The van der Waals surface area contributed by atoms with Crippen molar-refractivity contribution in [3.63, 3.8) is 0 Å². The van der Waals surface area contributed by atoms with Crippen LogP contribution in [0.4, 0.5) is 10.8 Å². The molecule has 3 rings (SSSR count). The number of nitrogens with zero attached hydrogens (tertiary/aromatic N) is 2. The lowest BCUT2D eigenvalue weighted by atomic mass is 10.1. The molecular formula is C18H17N5O4S. The van der Waals surface area contributed by atoms with Crippen molar-refractivity contribution in [3.05, 3.63) is 63.7 Å². The molecule has 9 nitrogen and oxygen atoms in total. The van der Waals surface area contributed by atoms with Crippen LogP contribution in [0.3, 0.4) is 0 Å². The fourth-order valence-electron chi connectivity index (χ4n) is 2.56. The molecule has 0 saturated carbocycles. The van der Waals surface area contributed by atoms with E-state index in [1.807, 2.05) is 24.3 Å². The number of aryl methyl sites for hydroxylation is 1. The Labute approximate surface area is 163 Å². The van der Waals surface area contributed by atoms with Crippen molar-refractivity contribution in [1.82, 2.24) is 15.8 Å². The Morgan fingerprint density at radius 1 is 1.14 bits per heavy atom. The van der Waals surface area contributed by atoms with Gasteiger partial charge in [0.15, 0.2) is 5.13 Å². The van der Waals surface area contributed by atoms with Gasteiger partial charge in [0.25, 0.3) is 17.5 Å². The highest BCUT2D eigenvalue weighted by Crippen LogP contribution is 2.26. The first-order valence-corrected chi connectivity index (χ1v) is 9.15. The van der Waals surface area contributed by atoms with E-state index in [4.69, 9.17) is 0 Å². The molecule has 0 spiro atoms. The molecule has 1 heterocycles. The third kappa shape index (κ3) is 4.07. The maximum atomic E-state index is 12.3. The van der Waals surface area contributed by atoms with Crippen LogP contribution in [0.1, 0.15) is 22.8 Å². The highest BCUT2D eigenvalue weighted by atomic mass is 32.1. The first-order valence-electron chi connectivity index (χ1n) is 8.33. The lowest BCUT2D eigenvalue weighted by Gasteiger charge is -2.14. The van der Waals surface area contributed by atoms with Crippen molar-refractivity contribution in [3.8, 4) is 0 Å². The molecule has 1 aromatic heterocycles. The quantitative estimate of drug-likeness (QED) is 0.447. The first-order chi connectivity index (χ1) is 13.4. The van der Waals surface area contributed by atoms with Crippen LogP contribution in [0.25, 0.3) is 10.2 Å². The molecule has 0 aliphatic heterocycles. The molecule has 0 radical (unpaired) electrons. The summed E-state index contributed by atoms with van der Waals surface area (Å²) in [6.07, 6.45) is 0. The van der Waals surface area contributed by atoms with Crippen LogP contribution in [0.5, 0.6) is 0 Å². The molecule has 10 heteroatoms. The zero-order chi connectivity index (χ0) is 20.3. The van der Waals surface area contributed by atoms with Gasteiger partial charge in [-0.3, -0.25) is 30.6 Å². The van der Waals surface area contributed by atoms with E-state index in [1.165, 1.54) is 36.5 Å². The van der Waals surface area contributed by atoms with Crippen molar-refractivity contribution in [2.24, 2.45) is 0 Å². The number of carbonyl (C=O) groups excluding carboxylic acids is 2. The highest BCUT2D eigenvalue weighted by molar-refractivity contribution is 7.22. The van der Waals surface area contributed by atoms with Gasteiger partial charge >= 0.3 is 0 Å². The molecule has 2 aromatic carbocycles. The van der Waals surface area contributed by atoms with Gasteiger partial charge in [-0.05, 0) is 32.0 Å². The number of nitrogens with one attached hydrogen (secondary N) is 3. The molecule has 0 fully saturated rings. The van der Waals surface area contributed by atoms with Crippen LogP contribution in [0.15, 0.2) is 42.5 Å². The van der Waals surface area contributed by atoms with Crippen LogP contribution in [-0.4, -0.2) is 27.8 Å². The number of aromatic nitrogens is 1. The standard InChI is InChI=1S/C18H17N5O4S/c1-10-6-5-7-12(15(10)23(26)27)17(25)22-21-16(24)11(2)19-18-20-13-8-3-4-9-14(13)28-18/h3-9,11H,1-2H3,(H,19,20)(H,21,24)(H,22,25)/t11-/m0/s1. The molecule has 3 aromatic rings. The molecule has 28 heavy (non-hydrogen) atoms. The Morgan fingerprint density at radius 2 is 1.89 bits per heavy atom. The average molecular weight is 399 g/mol. The molecular weight excluding hydrogens is 382 g/mol. The predicted octanol–water partition coefficient (Wildman–Crippen LogP) is 2.77. The number of amides is 2. The van der Waals surface area contributed by atoms with E-state index >= 15 is 0 Å². The number of anilines is 1. The topological polar surface area (TPSA) is 126 Å². The minimum atomic E-state index is -0.768. The number of thiazole rings is 1. The molecule has 0 saturated heterocycles. The van der Waals surface area contributed by atoms with Crippen LogP contribution in [0, 0.1) is 17.0 Å². The van der Waals surface area contributed by atoms with Gasteiger partial charge < -0.3 is 5.32 Å². The molecule has 2 amide bonds. The molecule has 0 aliphatic rings. The number of benzene rings is 2. The lowest BCUT2D eigenvalue weighted by molar-refractivity contribution is -0.385. The molecule has 0 aliphatic carbocycles. The van der Waals surface area contributed by atoms with Crippen molar-refractivity contribution in [2.45, 2.75) is 19.9 Å². The largest absolute Gasteiger partial charge is 0.350 e. The third-order valence-corrected chi connectivity index (χ3v) is 4.96. The van der Waals surface area contributed by atoms with E-state index in [-0.39, 0.29) is 11.3 Å². The van der Waals surface area contributed by atoms with Gasteiger partial charge in [-0.1, -0.05) is 35.6 Å².